The number of ether oxygens (including phenoxy) is 1. The number of hydrogen-bond donors (Lipinski definition) is 2. The number of morpholine rings is 1. The molecule has 0 aliphatic carbocycles. The number of carbonyl (C=O) groups excluding carboxylic acids is 1. The van der Waals surface area contributed by atoms with E-state index in [1.54, 1.807) is 42.5 Å². The highest BCUT2D eigenvalue weighted by Crippen LogP contribution is 2.21. The van der Waals surface area contributed by atoms with Crippen LogP contribution in [0.25, 0.3) is 0 Å². The van der Waals surface area contributed by atoms with E-state index in [1.807, 2.05) is 0 Å². The first-order valence-electron chi connectivity index (χ1n) is 10.4. The van der Waals surface area contributed by atoms with E-state index < -0.39 is 10.0 Å². The highest BCUT2D eigenvalue weighted by atomic mass is 32.2. The maximum Gasteiger partial charge on any atom is 0.261 e. The van der Waals surface area contributed by atoms with Crippen LogP contribution in [0.1, 0.15) is 38.1 Å². The van der Waals surface area contributed by atoms with E-state index in [1.165, 1.54) is 12.1 Å². The van der Waals surface area contributed by atoms with Crippen LogP contribution in [0.3, 0.4) is 0 Å². The van der Waals surface area contributed by atoms with Crippen molar-refractivity contribution in [1.82, 2.24) is 10.2 Å². The summed E-state index contributed by atoms with van der Waals surface area (Å²) in [5.74, 6) is -0.247. The second-order valence-electron chi connectivity index (χ2n) is 8.66. The standard InChI is InChI=1S/C23H31N3O4S/c1-17-14-26(15-18(2)30-17)23(3,4)16-24-22(27)19-9-8-10-20(13-19)25-31(28,29)21-11-6-5-7-12-21/h5-13,17-18,25H,14-16H2,1-4H3,(H,24,27)/t17-,18-/m1/s1. The average Bonchev–Trinajstić information content (AvgIpc) is 2.72. The van der Waals surface area contributed by atoms with Crippen LogP contribution in [0.4, 0.5) is 5.69 Å². The zero-order chi connectivity index (χ0) is 22.6. The summed E-state index contributed by atoms with van der Waals surface area (Å²) in [7, 11) is -3.72. The van der Waals surface area contributed by atoms with Crippen molar-refractivity contribution in [2.45, 2.75) is 50.3 Å². The van der Waals surface area contributed by atoms with E-state index in [2.05, 4.69) is 42.6 Å². The number of rotatable bonds is 7. The molecule has 0 spiro atoms. The Labute approximate surface area is 184 Å². The number of nitrogens with zero attached hydrogens (tertiary/aromatic N) is 1. The third kappa shape index (κ3) is 6.06. The van der Waals surface area contributed by atoms with E-state index in [9.17, 15) is 13.2 Å². The van der Waals surface area contributed by atoms with Crippen LogP contribution in [0, 0.1) is 0 Å². The van der Waals surface area contributed by atoms with Gasteiger partial charge in [-0.3, -0.25) is 14.4 Å². The van der Waals surface area contributed by atoms with Gasteiger partial charge in [-0.25, -0.2) is 8.42 Å². The summed E-state index contributed by atoms with van der Waals surface area (Å²) in [6, 6.07) is 14.6. The number of sulfonamides is 1. The van der Waals surface area contributed by atoms with Crippen molar-refractivity contribution in [2.75, 3.05) is 24.4 Å². The fraction of sp³-hybridized carbons (Fsp3) is 0.435. The summed E-state index contributed by atoms with van der Waals surface area (Å²) in [4.78, 5) is 15.3. The van der Waals surface area contributed by atoms with Gasteiger partial charge in [0.15, 0.2) is 0 Å². The Hall–Kier alpha value is -2.42. The van der Waals surface area contributed by atoms with E-state index in [0.717, 1.165) is 13.1 Å². The van der Waals surface area contributed by atoms with Gasteiger partial charge in [0.05, 0.1) is 17.1 Å². The third-order valence-corrected chi connectivity index (χ3v) is 6.78. The van der Waals surface area contributed by atoms with Crippen LogP contribution < -0.4 is 10.0 Å². The quantitative estimate of drug-likeness (QED) is 0.684. The van der Waals surface area contributed by atoms with E-state index in [-0.39, 0.29) is 28.5 Å². The number of benzene rings is 2. The monoisotopic (exact) mass is 445 g/mol. The Morgan fingerprint density at radius 3 is 2.35 bits per heavy atom. The molecular formula is C23H31N3O4S. The molecule has 2 aromatic carbocycles. The van der Waals surface area contributed by atoms with Gasteiger partial charge in [0.25, 0.3) is 15.9 Å². The SMILES string of the molecule is C[C@@H]1CN(C(C)(C)CNC(=O)c2cccc(NS(=O)(=O)c3ccccc3)c2)C[C@@H](C)O1. The molecule has 0 unspecified atom stereocenters. The summed E-state index contributed by atoms with van der Waals surface area (Å²) in [6.45, 7) is 10.4. The van der Waals surface area contributed by atoms with Crippen LogP contribution in [-0.4, -0.2) is 56.6 Å². The summed E-state index contributed by atoms with van der Waals surface area (Å²) in [6.07, 6.45) is 0.293. The van der Waals surface area contributed by atoms with Gasteiger partial charge in [0.2, 0.25) is 0 Å². The number of carbonyl (C=O) groups is 1. The highest BCUT2D eigenvalue weighted by Gasteiger charge is 2.33. The summed E-state index contributed by atoms with van der Waals surface area (Å²) >= 11 is 0. The van der Waals surface area contributed by atoms with E-state index in [0.29, 0.717) is 17.8 Å². The lowest BCUT2D eigenvalue weighted by atomic mass is 10.00. The molecule has 7 nitrogen and oxygen atoms in total. The van der Waals surface area contributed by atoms with Crippen molar-refractivity contribution < 1.29 is 17.9 Å². The van der Waals surface area contributed by atoms with Crippen molar-refractivity contribution in [3.8, 4) is 0 Å². The van der Waals surface area contributed by atoms with E-state index in [4.69, 9.17) is 4.74 Å². The lowest BCUT2D eigenvalue weighted by molar-refractivity contribution is -0.0948. The minimum absolute atomic E-state index is 0.146. The molecule has 2 aromatic rings. The zero-order valence-corrected chi connectivity index (χ0v) is 19.3. The molecule has 0 saturated carbocycles. The van der Waals surface area contributed by atoms with Crippen LogP contribution in [-0.2, 0) is 14.8 Å². The Bertz CT molecular complexity index is 998. The Morgan fingerprint density at radius 1 is 1.06 bits per heavy atom. The van der Waals surface area contributed by atoms with E-state index >= 15 is 0 Å². The summed E-state index contributed by atoms with van der Waals surface area (Å²) in [5.41, 5.74) is 0.494. The second kappa shape index (κ2) is 9.38. The summed E-state index contributed by atoms with van der Waals surface area (Å²) < 4.78 is 33.4. The second-order valence-corrected chi connectivity index (χ2v) is 10.3. The zero-order valence-electron chi connectivity index (χ0n) is 18.5. The Kier molecular flexibility index (Phi) is 7.03. The smallest absolute Gasteiger partial charge is 0.261 e. The van der Waals surface area contributed by atoms with Crippen LogP contribution in [0.5, 0.6) is 0 Å². The average molecular weight is 446 g/mol. The molecule has 0 aromatic heterocycles. The first-order valence-corrected chi connectivity index (χ1v) is 11.9. The molecule has 1 aliphatic heterocycles. The molecule has 2 atom stereocenters. The normalized spacial score (nSPS) is 20.3. The van der Waals surface area contributed by atoms with Crippen molar-refractivity contribution in [1.29, 1.82) is 0 Å². The van der Waals surface area contributed by atoms with Gasteiger partial charge in [-0.15, -0.1) is 0 Å². The van der Waals surface area contributed by atoms with Crippen molar-refractivity contribution in [2.24, 2.45) is 0 Å². The van der Waals surface area contributed by atoms with Crippen LogP contribution in [0.2, 0.25) is 0 Å². The molecule has 1 amide bonds. The molecule has 1 heterocycles. The molecule has 31 heavy (non-hydrogen) atoms. The highest BCUT2D eigenvalue weighted by molar-refractivity contribution is 7.92. The molecule has 1 fully saturated rings. The molecule has 168 valence electrons. The predicted molar refractivity (Wildman–Crippen MR) is 122 cm³/mol. The predicted octanol–water partition coefficient (Wildman–Crippen LogP) is 3.11. The molecule has 3 rings (SSSR count). The Balaban J connectivity index is 1.65. The van der Waals surface area contributed by atoms with Crippen molar-refractivity contribution >= 4 is 21.6 Å². The largest absolute Gasteiger partial charge is 0.373 e. The third-order valence-electron chi connectivity index (χ3n) is 5.39. The van der Waals surface area contributed by atoms with Gasteiger partial charge in [-0.2, -0.15) is 0 Å². The lowest BCUT2D eigenvalue weighted by Gasteiger charge is -2.45. The van der Waals surface area contributed by atoms with Crippen molar-refractivity contribution in [3.05, 3.63) is 60.2 Å². The minimum atomic E-state index is -3.72. The molecule has 0 bridgehead atoms. The van der Waals surface area contributed by atoms with Gasteiger partial charge in [0, 0.05) is 36.4 Å². The Morgan fingerprint density at radius 2 is 1.71 bits per heavy atom. The number of amides is 1. The van der Waals surface area contributed by atoms with Gasteiger partial charge in [0.1, 0.15) is 0 Å². The van der Waals surface area contributed by atoms with Gasteiger partial charge in [-0.05, 0) is 58.0 Å². The molecular weight excluding hydrogens is 414 g/mol. The fourth-order valence-corrected chi connectivity index (χ4v) is 4.79. The molecule has 1 aliphatic rings. The molecule has 0 radical (unpaired) electrons. The van der Waals surface area contributed by atoms with Gasteiger partial charge in [-0.1, -0.05) is 24.3 Å². The van der Waals surface area contributed by atoms with Crippen LogP contribution in [0.15, 0.2) is 59.5 Å². The van der Waals surface area contributed by atoms with Gasteiger partial charge < -0.3 is 10.1 Å². The first-order chi connectivity index (χ1) is 14.6. The minimum Gasteiger partial charge on any atom is -0.373 e. The lowest BCUT2D eigenvalue weighted by Crippen LogP contribution is -2.58. The number of anilines is 1. The fourth-order valence-electron chi connectivity index (χ4n) is 3.72. The summed E-state index contributed by atoms with van der Waals surface area (Å²) in [5, 5.41) is 2.99. The molecule has 2 N–H and O–H groups in total. The number of hydrogen-bond acceptors (Lipinski definition) is 5. The first kappa shape index (κ1) is 23.2. The molecule has 8 heteroatoms. The number of nitrogens with one attached hydrogen (secondary N) is 2. The maximum atomic E-state index is 12.8. The van der Waals surface area contributed by atoms with Gasteiger partial charge >= 0.3 is 0 Å². The molecule has 1 saturated heterocycles. The van der Waals surface area contributed by atoms with Crippen molar-refractivity contribution in [3.63, 3.8) is 0 Å². The maximum absolute atomic E-state index is 12.8. The topological polar surface area (TPSA) is 87.7 Å². The van der Waals surface area contributed by atoms with Crippen LogP contribution >= 0.6 is 0 Å².